The van der Waals surface area contributed by atoms with Crippen molar-refractivity contribution in [2.24, 2.45) is 0 Å². The SMILES string of the molecule is COc1ccc([C@@H](O)c2ccccc2C)cc1. The van der Waals surface area contributed by atoms with Crippen molar-refractivity contribution in [1.82, 2.24) is 0 Å². The molecule has 0 aliphatic rings. The minimum Gasteiger partial charge on any atom is -0.497 e. The fourth-order valence-electron chi connectivity index (χ4n) is 1.86. The molecule has 0 radical (unpaired) electrons. The Morgan fingerprint density at radius 1 is 1.00 bits per heavy atom. The number of aliphatic hydroxyl groups is 1. The molecule has 1 N–H and O–H groups in total. The van der Waals surface area contributed by atoms with Crippen molar-refractivity contribution in [1.29, 1.82) is 0 Å². The van der Waals surface area contributed by atoms with Gasteiger partial charge in [-0.05, 0) is 35.7 Å². The standard InChI is InChI=1S/C15H16O2/c1-11-5-3-4-6-14(11)15(16)12-7-9-13(17-2)10-8-12/h3-10,15-16H,1-2H3/t15-/m1/s1. The largest absolute Gasteiger partial charge is 0.497 e. The van der Waals surface area contributed by atoms with Gasteiger partial charge in [0.15, 0.2) is 0 Å². The Hall–Kier alpha value is -1.80. The fraction of sp³-hybridized carbons (Fsp3) is 0.200. The number of methoxy groups -OCH3 is 1. The van der Waals surface area contributed by atoms with Gasteiger partial charge in [0.1, 0.15) is 11.9 Å². The van der Waals surface area contributed by atoms with Gasteiger partial charge in [-0.1, -0.05) is 36.4 Å². The smallest absolute Gasteiger partial charge is 0.118 e. The van der Waals surface area contributed by atoms with Crippen LogP contribution in [-0.4, -0.2) is 12.2 Å². The van der Waals surface area contributed by atoms with E-state index in [2.05, 4.69) is 0 Å². The highest BCUT2D eigenvalue weighted by Gasteiger charge is 2.11. The van der Waals surface area contributed by atoms with E-state index >= 15 is 0 Å². The molecule has 0 aliphatic carbocycles. The van der Waals surface area contributed by atoms with Gasteiger partial charge < -0.3 is 9.84 Å². The van der Waals surface area contributed by atoms with Crippen LogP contribution in [0.1, 0.15) is 22.8 Å². The van der Waals surface area contributed by atoms with E-state index in [1.807, 2.05) is 55.5 Å². The van der Waals surface area contributed by atoms with E-state index in [1.165, 1.54) is 0 Å². The zero-order chi connectivity index (χ0) is 12.3. The summed E-state index contributed by atoms with van der Waals surface area (Å²) in [4.78, 5) is 0. The molecule has 0 saturated heterocycles. The number of hydrogen-bond acceptors (Lipinski definition) is 2. The van der Waals surface area contributed by atoms with E-state index in [-0.39, 0.29) is 0 Å². The Kier molecular flexibility index (Phi) is 3.45. The number of hydrogen-bond donors (Lipinski definition) is 1. The van der Waals surface area contributed by atoms with Gasteiger partial charge in [0, 0.05) is 0 Å². The molecule has 0 aromatic heterocycles. The first kappa shape index (κ1) is 11.7. The second-order valence-corrected chi connectivity index (χ2v) is 4.03. The van der Waals surface area contributed by atoms with Crippen molar-refractivity contribution in [2.75, 3.05) is 7.11 Å². The van der Waals surface area contributed by atoms with Gasteiger partial charge in [-0.2, -0.15) is 0 Å². The summed E-state index contributed by atoms with van der Waals surface area (Å²) in [5.74, 6) is 0.797. The minimum atomic E-state index is -0.581. The Balaban J connectivity index is 2.30. The van der Waals surface area contributed by atoms with E-state index in [0.717, 1.165) is 22.4 Å². The van der Waals surface area contributed by atoms with Crippen LogP contribution in [0.4, 0.5) is 0 Å². The molecule has 0 bridgehead atoms. The highest BCUT2D eigenvalue weighted by molar-refractivity contribution is 5.37. The number of ether oxygens (including phenoxy) is 1. The average molecular weight is 228 g/mol. The molecule has 0 spiro atoms. The molecule has 17 heavy (non-hydrogen) atoms. The highest BCUT2D eigenvalue weighted by Crippen LogP contribution is 2.25. The van der Waals surface area contributed by atoms with Gasteiger partial charge in [-0.3, -0.25) is 0 Å². The minimum absolute atomic E-state index is 0.581. The molecule has 0 heterocycles. The second kappa shape index (κ2) is 5.02. The van der Waals surface area contributed by atoms with E-state index in [4.69, 9.17) is 4.74 Å². The Morgan fingerprint density at radius 3 is 2.24 bits per heavy atom. The summed E-state index contributed by atoms with van der Waals surface area (Å²) in [6.45, 7) is 2.00. The van der Waals surface area contributed by atoms with Gasteiger partial charge in [-0.15, -0.1) is 0 Å². The molecule has 1 atom stereocenters. The monoisotopic (exact) mass is 228 g/mol. The normalized spacial score (nSPS) is 12.2. The molecule has 0 saturated carbocycles. The van der Waals surface area contributed by atoms with Crippen molar-refractivity contribution in [3.63, 3.8) is 0 Å². The lowest BCUT2D eigenvalue weighted by molar-refractivity contribution is 0.219. The Bertz CT molecular complexity index is 489. The molecule has 2 heteroatoms. The number of rotatable bonds is 3. The zero-order valence-corrected chi connectivity index (χ0v) is 10.1. The third-order valence-electron chi connectivity index (χ3n) is 2.91. The van der Waals surface area contributed by atoms with E-state index in [1.54, 1.807) is 7.11 Å². The van der Waals surface area contributed by atoms with Crippen LogP contribution in [0.15, 0.2) is 48.5 Å². The van der Waals surface area contributed by atoms with E-state index < -0.39 is 6.10 Å². The molecule has 0 fully saturated rings. The van der Waals surface area contributed by atoms with Crippen molar-refractivity contribution in [2.45, 2.75) is 13.0 Å². The summed E-state index contributed by atoms with van der Waals surface area (Å²) in [6, 6.07) is 15.3. The number of aryl methyl sites for hydroxylation is 1. The van der Waals surface area contributed by atoms with Gasteiger partial charge in [-0.25, -0.2) is 0 Å². The molecule has 2 aromatic carbocycles. The van der Waals surface area contributed by atoms with Crippen LogP contribution in [0.2, 0.25) is 0 Å². The summed E-state index contributed by atoms with van der Waals surface area (Å²) < 4.78 is 5.10. The van der Waals surface area contributed by atoms with Crippen LogP contribution in [-0.2, 0) is 0 Å². The van der Waals surface area contributed by atoms with Crippen molar-refractivity contribution in [3.8, 4) is 5.75 Å². The molecule has 0 amide bonds. The molecular weight excluding hydrogens is 212 g/mol. The summed E-state index contributed by atoms with van der Waals surface area (Å²) in [5, 5.41) is 10.3. The van der Waals surface area contributed by atoms with Crippen LogP contribution >= 0.6 is 0 Å². The lowest BCUT2D eigenvalue weighted by atomic mass is 9.98. The van der Waals surface area contributed by atoms with Crippen LogP contribution in [0, 0.1) is 6.92 Å². The first-order valence-corrected chi connectivity index (χ1v) is 5.60. The van der Waals surface area contributed by atoms with Crippen molar-refractivity contribution in [3.05, 3.63) is 65.2 Å². The second-order valence-electron chi connectivity index (χ2n) is 4.03. The van der Waals surface area contributed by atoms with Gasteiger partial charge in [0.2, 0.25) is 0 Å². The lowest BCUT2D eigenvalue weighted by Gasteiger charge is -2.14. The molecule has 0 unspecified atom stereocenters. The summed E-state index contributed by atoms with van der Waals surface area (Å²) in [5.41, 5.74) is 2.91. The molecule has 2 rings (SSSR count). The molecule has 2 nitrogen and oxygen atoms in total. The fourth-order valence-corrected chi connectivity index (χ4v) is 1.86. The van der Waals surface area contributed by atoms with Crippen LogP contribution in [0.25, 0.3) is 0 Å². The predicted molar refractivity (Wildman–Crippen MR) is 68.2 cm³/mol. The topological polar surface area (TPSA) is 29.5 Å². The summed E-state index contributed by atoms with van der Waals surface area (Å²) in [6.07, 6.45) is -0.581. The maximum Gasteiger partial charge on any atom is 0.118 e. The molecular formula is C15H16O2. The van der Waals surface area contributed by atoms with Crippen LogP contribution in [0.3, 0.4) is 0 Å². The Labute approximate surface area is 101 Å². The van der Waals surface area contributed by atoms with E-state index in [0.29, 0.717) is 0 Å². The molecule has 2 aromatic rings. The number of aliphatic hydroxyl groups excluding tert-OH is 1. The summed E-state index contributed by atoms with van der Waals surface area (Å²) >= 11 is 0. The van der Waals surface area contributed by atoms with Crippen LogP contribution in [0.5, 0.6) is 5.75 Å². The quantitative estimate of drug-likeness (QED) is 0.874. The maximum atomic E-state index is 10.3. The zero-order valence-electron chi connectivity index (χ0n) is 10.1. The van der Waals surface area contributed by atoms with Crippen LogP contribution < -0.4 is 4.74 Å². The molecule has 88 valence electrons. The first-order valence-electron chi connectivity index (χ1n) is 5.60. The summed E-state index contributed by atoms with van der Waals surface area (Å²) in [7, 11) is 1.63. The Morgan fingerprint density at radius 2 is 1.65 bits per heavy atom. The predicted octanol–water partition coefficient (Wildman–Crippen LogP) is 3.09. The highest BCUT2D eigenvalue weighted by atomic mass is 16.5. The maximum absolute atomic E-state index is 10.3. The lowest BCUT2D eigenvalue weighted by Crippen LogP contribution is -2.01. The average Bonchev–Trinajstić information content (AvgIpc) is 2.39. The first-order chi connectivity index (χ1) is 8.22. The van der Waals surface area contributed by atoms with Gasteiger partial charge in [0.05, 0.1) is 7.11 Å². The van der Waals surface area contributed by atoms with Gasteiger partial charge >= 0.3 is 0 Å². The van der Waals surface area contributed by atoms with Crippen molar-refractivity contribution >= 4 is 0 Å². The third-order valence-corrected chi connectivity index (χ3v) is 2.91. The third kappa shape index (κ3) is 2.48. The van der Waals surface area contributed by atoms with E-state index in [9.17, 15) is 5.11 Å². The molecule has 0 aliphatic heterocycles. The van der Waals surface area contributed by atoms with Gasteiger partial charge in [0.25, 0.3) is 0 Å². The van der Waals surface area contributed by atoms with Crippen molar-refractivity contribution < 1.29 is 9.84 Å². The number of benzene rings is 2.